The minimum atomic E-state index is -0.485. The van der Waals surface area contributed by atoms with Crippen molar-refractivity contribution in [1.82, 2.24) is 4.90 Å². The van der Waals surface area contributed by atoms with Crippen molar-refractivity contribution in [2.75, 3.05) is 18.4 Å². The van der Waals surface area contributed by atoms with Gasteiger partial charge in [0.2, 0.25) is 0 Å². The summed E-state index contributed by atoms with van der Waals surface area (Å²) in [5.74, 6) is -0.859. The number of nitriles is 1. The average molecular weight is 289 g/mol. The van der Waals surface area contributed by atoms with E-state index in [0.29, 0.717) is 5.69 Å². The van der Waals surface area contributed by atoms with E-state index in [4.69, 9.17) is 5.26 Å². The van der Waals surface area contributed by atoms with Gasteiger partial charge in [0.05, 0.1) is 0 Å². The number of carbonyl (C=O) groups is 1. The molecule has 0 aliphatic heterocycles. The van der Waals surface area contributed by atoms with Gasteiger partial charge in [-0.3, -0.25) is 4.79 Å². The first-order chi connectivity index (χ1) is 10.1. The molecule has 0 aliphatic rings. The predicted molar refractivity (Wildman–Crippen MR) is 80.9 cm³/mol. The zero-order valence-electron chi connectivity index (χ0n) is 12.4. The standard InChI is InChI=1S/C16H20FN3O/c1-3-9-20(10-4-2)12-13(11-18)16(21)19-15-7-5-14(17)6-8-15/h5-8,12H,3-4,9-10H2,1-2H3,(H,19,21)/b13-12-. The van der Waals surface area contributed by atoms with Gasteiger partial charge >= 0.3 is 0 Å². The largest absolute Gasteiger partial charge is 0.376 e. The fourth-order valence-corrected chi connectivity index (χ4v) is 1.87. The van der Waals surface area contributed by atoms with Crippen LogP contribution in [0.4, 0.5) is 10.1 Å². The minimum Gasteiger partial charge on any atom is -0.376 e. The van der Waals surface area contributed by atoms with Crippen LogP contribution in [-0.4, -0.2) is 23.9 Å². The van der Waals surface area contributed by atoms with E-state index in [1.54, 1.807) is 6.20 Å². The summed E-state index contributed by atoms with van der Waals surface area (Å²) in [6, 6.07) is 7.34. The van der Waals surface area contributed by atoms with Crippen molar-refractivity contribution in [2.24, 2.45) is 0 Å². The van der Waals surface area contributed by atoms with Crippen molar-refractivity contribution in [1.29, 1.82) is 5.26 Å². The first-order valence-corrected chi connectivity index (χ1v) is 7.03. The molecule has 0 atom stereocenters. The predicted octanol–water partition coefficient (Wildman–Crippen LogP) is 3.29. The lowest BCUT2D eigenvalue weighted by molar-refractivity contribution is -0.112. The number of nitrogens with one attached hydrogen (secondary N) is 1. The molecule has 0 aliphatic carbocycles. The zero-order chi connectivity index (χ0) is 15.7. The van der Waals surface area contributed by atoms with Gasteiger partial charge in [0.25, 0.3) is 5.91 Å². The Labute approximate surface area is 124 Å². The van der Waals surface area contributed by atoms with Gasteiger partial charge in [-0.1, -0.05) is 13.8 Å². The van der Waals surface area contributed by atoms with Crippen LogP contribution >= 0.6 is 0 Å². The molecule has 0 unspecified atom stereocenters. The number of anilines is 1. The van der Waals surface area contributed by atoms with Crippen molar-refractivity contribution in [3.63, 3.8) is 0 Å². The lowest BCUT2D eigenvalue weighted by Gasteiger charge is -2.19. The van der Waals surface area contributed by atoms with Gasteiger partial charge in [-0.2, -0.15) is 5.26 Å². The van der Waals surface area contributed by atoms with Crippen molar-refractivity contribution < 1.29 is 9.18 Å². The van der Waals surface area contributed by atoms with Gasteiger partial charge in [-0.25, -0.2) is 4.39 Å². The molecule has 4 nitrogen and oxygen atoms in total. The third-order valence-electron chi connectivity index (χ3n) is 2.80. The SMILES string of the molecule is CCCN(/C=C(/C#N)C(=O)Nc1ccc(F)cc1)CCC. The van der Waals surface area contributed by atoms with Crippen LogP contribution in [-0.2, 0) is 4.79 Å². The average Bonchev–Trinajstić information content (AvgIpc) is 2.47. The summed E-state index contributed by atoms with van der Waals surface area (Å²) < 4.78 is 12.8. The van der Waals surface area contributed by atoms with Gasteiger partial charge in [0.15, 0.2) is 0 Å². The maximum Gasteiger partial charge on any atom is 0.267 e. The molecule has 112 valence electrons. The van der Waals surface area contributed by atoms with E-state index in [1.807, 2.05) is 24.8 Å². The number of hydrogen-bond acceptors (Lipinski definition) is 3. The minimum absolute atomic E-state index is 0.0428. The normalized spacial score (nSPS) is 10.9. The number of benzene rings is 1. The molecule has 0 fully saturated rings. The summed E-state index contributed by atoms with van der Waals surface area (Å²) in [5.41, 5.74) is 0.501. The lowest BCUT2D eigenvalue weighted by Crippen LogP contribution is -2.22. The highest BCUT2D eigenvalue weighted by Gasteiger charge is 2.11. The fraction of sp³-hybridized carbons (Fsp3) is 0.375. The Morgan fingerprint density at radius 1 is 1.29 bits per heavy atom. The highest BCUT2D eigenvalue weighted by atomic mass is 19.1. The Hall–Kier alpha value is -2.35. The van der Waals surface area contributed by atoms with E-state index in [1.165, 1.54) is 24.3 Å². The Balaban J connectivity index is 2.80. The number of nitrogens with zero attached hydrogens (tertiary/aromatic N) is 2. The van der Waals surface area contributed by atoms with Gasteiger partial charge < -0.3 is 10.2 Å². The van der Waals surface area contributed by atoms with Gasteiger partial charge in [0.1, 0.15) is 17.5 Å². The third-order valence-corrected chi connectivity index (χ3v) is 2.80. The number of halogens is 1. The molecule has 0 saturated carbocycles. The molecule has 0 spiro atoms. The van der Waals surface area contributed by atoms with Gasteiger partial charge in [0, 0.05) is 25.0 Å². The van der Waals surface area contributed by atoms with Crippen molar-refractivity contribution >= 4 is 11.6 Å². The molecule has 1 rings (SSSR count). The molecule has 21 heavy (non-hydrogen) atoms. The Morgan fingerprint density at radius 3 is 2.33 bits per heavy atom. The molecular formula is C16H20FN3O. The summed E-state index contributed by atoms with van der Waals surface area (Å²) in [5, 5.41) is 11.7. The van der Waals surface area contributed by atoms with Crippen LogP contribution in [0.3, 0.4) is 0 Å². The van der Waals surface area contributed by atoms with E-state index >= 15 is 0 Å². The second-order valence-corrected chi connectivity index (χ2v) is 4.65. The van der Waals surface area contributed by atoms with Crippen LogP contribution in [0, 0.1) is 17.1 Å². The van der Waals surface area contributed by atoms with E-state index < -0.39 is 5.91 Å². The van der Waals surface area contributed by atoms with Gasteiger partial charge in [-0.15, -0.1) is 0 Å². The topological polar surface area (TPSA) is 56.1 Å². The second kappa shape index (κ2) is 8.75. The molecule has 0 aromatic heterocycles. The maximum absolute atomic E-state index is 12.8. The molecule has 1 aromatic carbocycles. The van der Waals surface area contributed by atoms with E-state index in [2.05, 4.69) is 5.32 Å². The fourth-order valence-electron chi connectivity index (χ4n) is 1.87. The molecule has 1 amide bonds. The lowest BCUT2D eigenvalue weighted by atomic mass is 10.2. The summed E-state index contributed by atoms with van der Waals surface area (Å²) in [4.78, 5) is 14.0. The molecule has 1 N–H and O–H groups in total. The number of carbonyl (C=O) groups excluding carboxylic acids is 1. The summed E-state index contributed by atoms with van der Waals surface area (Å²) in [7, 11) is 0. The van der Waals surface area contributed by atoms with Crippen LogP contribution in [0.2, 0.25) is 0 Å². The number of hydrogen-bond donors (Lipinski definition) is 1. The molecule has 0 saturated heterocycles. The molecule has 0 bridgehead atoms. The third kappa shape index (κ3) is 5.65. The van der Waals surface area contributed by atoms with Crippen molar-refractivity contribution in [2.45, 2.75) is 26.7 Å². The maximum atomic E-state index is 12.8. The van der Waals surface area contributed by atoms with Crippen molar-refractivity contribution in [3.05, 3.63) is 41.9 Å². The highest BCUT2D eigenvalue weighted by molar-refractivity contribution is 6.06. The summed E-state index contributed by atoms with van der Waals surface area (Å²) in [6.07, 6.45) is 3.47. The molecule has 5 heteroatoms. The zero-order valence-corrected chi connectivity index (χ0v) is 12.4. The van der Waals surface area contributed by atoms with E-state index in [-0.39, 0.29) is 11.4 Å². The molecule has 1 aromatic rings. The van der Waals surface area contributed by atoms with Gasteiger partial charge in [-0.05, 0) is 37.1 Å². The Morgan fingerprint density at radius 2 is 1.86 bits per heavy atom. The first-order valence-electron chi connectivity index (χ1n) is 7.03. The van der Waals surface area contributed by atoms with E-state index in [0.717, 1.165) is 25.9 Å². The molecule has 0 heterocycles. The number of amides is 1. The summed E-state index contributed by atoms with van der Waals surface area (Å²) >= 11 is 0. The molecule has 0 radical (unpaired) electrons. The van der Waals surface area contributed by atoms with Crippen LogP contribution in [0.5, 0.6) is 0 Å². The monoisotopic (exact) mass is 289 g/mol. The Bertz CT molecular complexity index is 525. The Kier molecular flexibility index (Phi) is 6.96. The molecular weight excluding hydrogens is 269 g/mol. The first kappa shape index (κ1) is 16.7. The van der Waals surface area contributed by atoms with Crippen LogP contribution in [0.25, 0.3) is 0 Å². The van der Waals surface area contributed by atoms with Crippen LogP contribution < -0.4 is 5.32 Å². The quantitative estimate of drug-likeness (QED) is 0.619. The summed E-state index contributed by atoms with van der Waals surface area (Å²) in [6.45, 7) is 5.67. The van der Waals surface area contributed by atoms with Crippen LogP contribution in [0.1, 0.15) is 26.7 Å². The smallest absolute Gasteiger partial charge is 0.267 e. The number of rotatable bonds is 7. The van der Waals surface area contributed by atoms with E-state index in [9.17, 15) is 9.18 Å². The second-order valence-electron chi connectivity index (χ2n) is 4.65. The van der Waals surface area contributed by atoms with Crippen LogP contribution in [0.15, 0.2) is 36.0 Å². The highest BCUT2D eigenvalue weighted by Crippen LogP contribution is 2.10. The van der Waals surface area contributed by atoms with Crippen molar-refractivity contribution in [3.8, 4) is 6.07 Å².